The molecular weight excluding hydrogens is 1890 g/mol. The van der Waals surface area contributed by atoms with Crippen molar-refractivity contribution in [2.45, 2.75) is 288 Å². The van der Waals surface area contributed by atoms with Crippen LogP contribution >= 0.6 is 0 Å². The fourth-order valence-corrected chi connectivity index (χ4v) is 18.1. The van der Waals surface area contributed by atoms with Crippen molar-refractivity contribution >= 4 is 88.0 Å². The van der Waals surface area contributed by atoms with Crippen LogP contribution in [0.2, 0.25) is 0 Å². The monoisotopic (exact) mass is 2000 g/mol. The van der Waals surface area contributed by atoms with Gasteiger partial charge >= 0.3 is 18.3 Å². The number of alkyl halides is 6. The molecule has 3 saturated carbocycles. The maximum Gasteiger partial charge on any atom is 0.408 e. The van der Waals surface area contributed by atoms with Crippen LogP contribution in [0.15, 0.2) is 54.6 Å². The largest absolute Gasteiger partial charge is 0.540 e. The van der Waals surface area contributed by atoms with Gasteiger partial charge in [-0.15, -0.1) is 0 Å². The molecule has 15 rings (SSSR count). The number of nitrogens with zero attached hydrogens (tertiary/aromatic N) is 9. The topological polar surface area (TPSA) is 388 Å². The molecule has 3 N–H and O–H groups in total. The summed E-state index contributed by atoms with van der Waals surface area (Å²) in [7, 11) is 4.44. The molecule has 6 fully saturated rings. The summed E-state index contributed by atoms with van der Waals surface area (Å²) in [5.74, 6) is -13.5. The molecule has 735 valence electrons. The predicted octanol–water partition coefficient (Wildman–Crippen LogP) is 12.9. The van der Waals surface area contributed by atoms with E-state index in [-0.39, 0.29) is 165 Å². The van der Waals surface area contributed by atoms with E-state index in [0.717, 1.165) is 6.42 Å². The number of hydrogen-bond acceptors (Lipinski definition) is 27. The van der Waals surface area contributed by atoms with Crippen LogP contribution in [0.3, 0.4) is 0 Å². The minimum atomic E-state index is -3.45. The number of ether oxygens (including phenoxy) is 12. The van der Waals surface area contributed by atoms with Gasteiger partial charge in [-0.2, -0.15) is 26.3 Å². The number of amides is 6. The quantitative estimate of drug-likeness (QED) is 0.0687. The number of benzene rings is 3. The van der Waals surface area contributed by atoms with Gasteiger partial charge < -0.3 is 102 Å². The Morgan fingerprint density at radius 3 is 1.06 bits per heavy atom. The third kappa shape index (κ3) is 24.4. The first-order valence-corrected chi connectivity index (χ1v) is 45.0. The molecule has 42 heteroatoms. The molecule has 9 heterocycles. The summed E-state index contributed by atoms with van der Waals surface area (Å²) in [6, 6.07) is 7.85. The second kappa shape index (κ2) is 44.0. The zero-order valence-electron chi connectivity index (χ0n) is 78.4. The third-order valence-corrected chi connectivity index (χ3v) is 25.8. The third-order valence-electron chi connectivity index (χ3n) is 25.8. The van der Waals surface area contributed by atoms with E-state index < -0.39 is 215 Å². The van der Waals surface area contributed by atoms with Crippen LogP contribution in [0.5, 0.6) is 34.9 Å². The van der Waals surface area contributed by atoms with Crippen molar-refractivity contribution < 1.29 is 182 Å². The van der Waals surface area contributed by atoms with Gasteiger partial charge in [-0.1, -0.05) is 120 Å². The second-order valence-corrected chi connectivity index (χ2v) is 38.4. The summed E-state index contributed by atoms with van der Waals surface area (Å²) < 4.78 is 164. The molecule has 3 aromatic heterocycles. The number of carbonyl (C=O) groups is 6. The molecule has 135 heavy (non-hydrogen) atoms. The summed E-state index contributed by atoms with van der Waals surface area (Å²) in [5, 5.41) is 8.10. The van der Waals surface area contributed by atoms with Gasteiger partial charge in [0.1, 0.15) is 77.6 Å². The van der Waals surface area contributed by atoms with Gasteiger partial charge in [0.2, 0.25) is 35.4 Å². The predicted molar refractivity (Wildman–Crippen MR) is 463 cm³/mol. The zero-order chi connectivity index (χ0) is 95.6. The molecule has 18 atom stereocenters. The number of methoxy groups -OCH3 is 3. The van der Waals surface area contributed by atoms with Crippen LogP contribution in [0.4, 0.5) is 40.7 Å². The van der Waals surface area contributed by atoms with Crippen LogP contribution in [0.25, 0.3) is 33.1 Å². The molecule has 3 radical (unpaired) electrons. The van der Waals surface area contributed by atoms with Gasteiger partial charge in [-0.3, -0.25) is 14.4 Å². The van der Waals surface area contributed by atoms with Crippen LogP contribution in [0, 0.1) is 34.0 Å². The molecule has 6 aliphatic heterocycles. The molecule has 3 saturated heterocycles. The summed E-state index contributed by atoms with van der Waals surface area (Å²) in [4.78, 5) is 148. The Hall–Kier alpha value is -9.08. The summed E-state index contributed by atoms with van der Waals surface area (Å²) in [6.45, 7) is 22.9. The van der Waals surface area contributed by atoms with Gasteiger partial charge in [-0.25, -0.2) is 63.1 Å². The molecule has 9 aliphatic rings. The first-order valence-electron chi connectivity index (χ1n) is 45.0. The van der Waals surface area contributed by atoms with Crippen molar-refractivity contribution in [3.8, 4) is 34.9 Å². The molecule has 33 nitrogen and oxygen atoms in total. The number of rotatable bonds is 9. The number of fused-ring (bicyclic) bond motifs is 15. The van der Waals surface area contributed by atoms with E-state index in [1.165, 1.54) is 36.0 Å². The van der Waals surface area contributed by atoms with Gasteiger partial charge in [0.05, 0.1) is 86.3 Å². The molecule has 6 aromatic rings. The van der Waals surface area contributed by atoms with Crippen LogP contribution < -0.4 is 44.4 Å². The Labute approximate surface area is 815 Å². The van der Waals surface area contributed by atoms with E-state index in [0.29, 0.717) is 62.2 Å². The fourth-order valence-electron chi connectivity index (χ4n) is 18.1. The molecule has 0 spiro atoms. The summed E-state index contributed by atoms with van der Waals surface area (Å²) >= 11 is 0. The smallest absolute Gasteiger partial charge is 0.408 e. The van der Waals surface area contributed by atoms with E-state index in [1.807, 2.05) is 39.6 Å². The normalized spacial score (nSPS) is 29.4. The van der Waals surface area contributed by atoms with Crippen molar-refractivity contribution in [3.63, 3.8) is 0 Å². The van der Waals surface area contributed by atoms with Crippen molar-refractivity contribution in [2.75, 3.05) is 60.8 Å². The Bertz CT molecular complexity index is 5260. The van der Waals surface area contributed by atoms with E-state index in [1.54, 1.807) is 124 Å². The first-order chi connectivity index (χ1) is 62.4. The maximum atomic E-state index is 16.0. The van der Waals surface area contributed by atoms with Gasteiger partial charge in [0.25, 0.3) is 17.8 Å². The van der Waals surface area contributed by atoms with Crippen LogP contribution in [-0.4, -0.2) is 251 Å². The van der Waals surface area contributed by atoms with E-state index >= 15 is 26.3 Å². The van der Waals surface area contributed by atoms with E-state index in [2.05, 4.69) is 45.9 Å². The number of halogens is 6. The minimum Gasteiger partial charge on any atom is -0.540 e. The van der Waals surface area contributed by atoms with Crippen molar-refractivity contribution in [2.24, 2.45) is 34.0 Å². The Morgan fingerprint density at radius 1 is 0.415 bits per heavy atom. The number of nitrogens with one attached hydrogen (secondary N) is 3. The molecule has 0 unspecified atom stereocenters. The molecule has 6 bridgehead atoms. The average Bonchev–Trinajstić information content (AvgIpc) is 1.67. The van der Waals surface area contributed by atoms with Crippen molar-refractivity contribution in [3.05, 3.63) is 71.7 Å². The Balaban J connectivity index is 0.000000207. The number of hydrogen-bond donors (Lipinski definition) is 3. The average molecular weight is 2010 g/mol. The second-order valence-electron chi connectivity index (χ2n) is 38.4. The van der Waals surface area contributed by atoms with Gasteiger partial charge in [0, 0.05) is 126 Å². The van der Waals surface area contributed by atoms with Crippen molar-refractivity contribution in [1.82, 2.24) is 60.6 Å². The van der Waals surface area contributed by atoms with E-state index in [9.17, 15) is 43.2 Å². The fraction of sp³-hybridized carbons (Fsp3) is 0.645. The van der Waals surface area contributed by atoms with E-state index in [4.69, 9.17) is 56.8 Å². The maximum absolute atomic E-state index is 16.0. The molecule has 3 aromatic carbocycles. The Morgan fingerprint density at radius 2 is 0.733 bits per heavy atom. The van der Waals surface area contributed by atoms with Gasteiger partial charge in [0.15, 0.2) is 17.1 Å². The Kier molecular flexibility index (Phi) is 35.1. The molecule has 3 aliphatic carbocycles. The SMILES string of the molecule is CC[C@@H]1[C@@H]2CN(C(=O)[C@H](C(C)(C)C)NC(=O)O[C@@H]3CCC[C@H]3OCCCC(F)(F)c3nc4ccc(OC)cc4nc3O2)[C@@H]1[C-]=O.CC[C@@H]1[C@@H]2CN(C(=O)[C@H](C(C)(C)C)NC(=O)O[C@@H]3C[C@H]3OCCCC(F)(F)c3nc4ccc(OC)cc4nc3O2)[C@@H]1[C-]=O.CC[C@@H]1[C@@H]2CN(C(=O)[C@H](C(C)(C)C)NC(=O)O[C@]3(C)C[C@H]3OCCCC(F)(F)c3nc4ccc(OC)cc4nc3O2)[C@@H]1[C-]=O.[V].[V].[V]. The van der Waals surface area contributed by atoms with Gasteiger partial charge in [-0.05, 0) is 116 Å². The first kappa shape index (κ1) is 108. The van der Waals surface area contributed by atoms with Crippen LogP contribution in [-0.2, 0) is 131 Å². The summed E-state index contributed by atoms with van der Waals surface area (Å²) in [5.41, 5.74) is -3.61. The molecular formula is C93H117F6N12O21V3-3. The standard InChI is InChI=1S/C32H41F2N4O7.C31H39F2N4O7.C30H37F2N4O7.3V/c1-6-19-22(17-39)38-16-25(19)44-28-26(35-20-12-11-18(42-5)15-21(20)36-28)32(33,34)13-8-14-43-23-9-7-10-24(23)45-30(41)37-27(29(38)40)31(2,3)4;1-7-18-21(16-38)37-15-22(18)43-26-24(34-19-10-9-17(41-6)13-20(19)35-26)31(32,33)11-8-12-42-23-14-30(23,5)44-28(40)36-25(27(37)39)29(2,3)4;1-6-17-20(15-37)36-14-23(17)42-26-24(33-18-9-8-16(40-5)12-19(18)34-26)30(31,32)10-7-11-41-21-13-22(21)43-28(39)35-25(27(36)38)29(2,3)4;;;/h11-12,15,19,22-25,27H,6-10,13-14,16H2,1-5H3,(H,37,41);9-10,13,18,21-23,25H,7-8,11-12,14-15H2,1-6H3,(H,36,40);8-9,12,17,20-23,25H,6-7,10-11,13-14H2,1-5H3,(H,35,39);;;/q3*-1;;;/t19-,22+,23+,24+,25-,27+;18-,21+,22-,23+,25+,30+;17-,20+,21+,22+,23-,25+;;;/m000.../s1. The number of alkyl carbamates (subject to hydrolysis) is 3. The van der Waals surface area contributed by atoms with Crippen LogP contribution in [0.1, 0.15) is 197 Å². The minimum absolute atomic E-state index is 0. The van der Waals surface area contributed by atoms with Crippen molar-refractivity contribution in [1.29, 1.82) is 0 Å². The zero-order valence-corrected chi connectivity index (χ0v) is 82.6. The molecule has 6 amide bonds. The summed E-state index contributed by atoms with van der Waals surface area (Å²) in [6.07, 6.45) is 0.400. The number of carbonyl (C=O) groups excluding carboxylic acids is 9. The number of aromatic nitrogens is 6.